The zero-order chi connectivity index (χ0) is 13.2. The van der Waals surface area contributed by atoms with Gasteiger partial charge in [-0.1, -0.05) is 0 Å². The molecule has 1 fully saturated rings. The van der Waals surface area contributed by atoms with Crippen LogP contribution in [0.4, 0.5) is 0 Å². The van der Waals surface area contributed by atoms with Gasteiger partial charge in [0.05, 0.1) is 11.8 Å². The molecule has 1 aliphatic heterocycles. The van der Waals surface area contributed by atoms with E-state index in [-0.39, 0.29) is 11.4 Å². The number of pyridine rings is 1. The number of nitrogens with two attached hydrogens (primary N) is 1. The van der Waals surface area contributed by atoms with Crippen LogP contribution in [0.3, 0.4) is 0 Å². The van der Waals surface area contributed by atoms with Crippen LogP contribution in [-0.4, -0.2) is 42.0 Å². The van der Waals surface area contributed by atoms with E-state index in [4.69, 9.17) is 5.73 Å². The van der Waals surface area contributed by atoms with E-state index in [2.05, 4.69) is 4.98 Å². The molecule has 2 heterocycles. The molecule has 1 aliphatic rings. The average Bonchev–Trinajstić information content (AvgIpc) is 2.39. The summed E-state index contributed by atoms with van der Waals surface area (Å²) < 4.78 is 26.2. The van der Waals surface area contributed by atoms with Gasteiger partial charge in [-0.2, -0.15) is 4.31 Å². The lowest BCUT2D eigenvalue weighted by atomic mass is 10.1. The van der Waals surface area contributed by atoms with Crippen molar-refractivity contribution in [1.82, 2.24) is 9.29 Å². The summed E-state index contributed by atoms with van der Waals surface area (Å²) in [6.45, 7) is 0.761. The third-order valence-electron chi connectivity index (χ3n) is 3.08. The number of piperidine rings is 1. The molecule has 6 nitrogen and oxygen atoms in total. The van der Waals surface area contributed by atoms with Crippen molar-refractivity contribution in [2.45, 2.75) is 30.4 Å². The van der Waals surface area contributed by atoms with Gasteiger partial charge >= 0.3 is 0 Å². The lowest BCUT2D eigenvalue weighted by Gasteiger charge is -2.29. The molecule has 1 saturated heterocycles. The predicted octanol–water partition coefficient (Wildman–Crippen LogP) is -0.314. The third kappa shape index (κ3) is 2.54. The minimum absolute atomic E-state index is 0.0892. The summed E-state index contributed by atoms with van der Waals surface area (Å²) in [5.41, 5.74) is 5.89. The van der Waals surface area contributed by atoms with Crippen LogP contribution >= 0.6 is 0 Å². The zero-order valence-electron chi connectivity index (χ0n) is 9.99. The van der Waals surface area contributed by atoms with E-state index in [1.54, 1.807) is 6.07 Å². The standard InChI is InChI=1S/C11H17N3O3S/c12-8-10-11(2-1-5-13-10)18(16,17)14-6-3-9(15)4-7-14/h1-2,5,9,15H,3-4,6-8,12H2. The summed E-state index contributed by atoms with van der Waals surface area (Å²) in [4.78, 5) is 4.16. The van der Waals surface area contributed by atoms with Crippen LogP contribution in [0.15, 0.2) is 23.2 Å². The van der Waals surface area contributed by atoms with Gasteiger partial charge < -0.3 is 10.8 Å². The van der Waals surface area contributed by atoms with Crippen molar-refractivity contribution in [2.24, 2.45) is 5.73 Å². The van der Waals surface area contributed by atoms with E-state index >= 15 is 0 Å². The summed E-state index contributed by atoms with van der Waals surface area (Å²) in [7, 11) is -3.55. The Hall–Kier alpha value is -1.02. The Morgan fingerprint density at radius 3 is 2.72 bits per heavy atom. The number of sulfonamides is 1. The van der Waals surface area contributed by atoms with Crippen LogP contribution in [0.2, 0.25) is 0 Å². The number of aliphatic hydroxyl groups is 1. The van der Waals surface area contributed by atoms with Crippen LogP contribution in [0.25, 0.3) is 0 Å². The lowest BCUT2D eigenvalue weighted by Crippen LogP contribution is -2.40. The molecule has 2 rings (SSSR count). The van der Waals surface area contributed by atoms with Gasteiger partial charge in [0.15, 0.2) is 0 Å². The number of hydrogen-bond acceptors (Lipinski definition) is 5. The quantitative estimate of drug-likeness (QED) is 0.786. The normalized spacial score (nSPS) is 19.0. The molecule has 0 spiro atoms. The van der Waals surface area contributed by atoms with Gasteiger partial charge in [-0.25, -0.2) is 8.42 Å². The highest BCUT2D eigenvalue weighted by molar-refractivity contribution is 7.89. The first-order valence-electron chi connectivity index (χ1n) is 5.88. The van der Waals surface area contributed by atoms with Gasteiger partial charge in [0.1, 0.15) is 4.90 Å². The smallest absolute Gasteiger partial charge is 0.244 e. The van der Waals surface area contributed by atoms with Crippen molar-refractivity contribution in [1.29, 1.82) is 0 Å². The van der Waals surface area contributed by atoms with Crippen LogP contribution in [0.1, 0.15) is 18.5 Å². The largest absolute Gasteiger partial charge is 0.393 e. The highest BCUT2D eigenvalue weighted by Gasteiger charge is 2.30. The van der Waals surface area contributed by atoms with Crippen molar-refractivity contribution in [3.63, 3.8) is 0 Å². The minimum Gasteiger partial charge on any atom is -0.393 e. The molecule has 0 unspecified atom stereocenters. The molecule has 100 valence electrons. The molecule has 1 aromatic heterocycles. The summed E-state index contributed by atoms with van der Waals surface area (Å²) in [5.74, 6) is 0. The molecule has 1 aromatic rings. The van der Waals surface area contributed by atoms with Crippen LogP contribution in [-0.2, 0) is 16.6 Å². The Kier molecular flexibility index (Phi) is 3.96. The summed E-state index contributed by atoms with van der Waals surface area (Å²) in [6.07, 6.45) is 2.06. The maximum atomic E-state index is 12.4. The van der Waals surface area contributed by atoms with Crippen molar-refractivity contribution >= 4 is 10.0 Å². The molecular formula is C11H17N3O3S. The highest BCUT2D eigenvalue weighted by Crippen LogP contribution is 2.22. The van der Waals surface area contributed by atoms with Gasteiger partial charge in [-0.15, -0.1) is 0 Å². The second kappa shape index (κ2) is 5.31. The molecule has 0 aromatic carbocycles. The maximum Gasteiger partial charge on any atom is 0.244 e. The molecule has 0 radical (unpaired) electrons. The third-order valence-corrected chi connectivity index (χ3v) is 5.06. The first-order valence-corrected chi connectivity index (χ1v) is 7.32. The fourth-order valence-electron chi connectivity index (χ4n) is 2.03. The van der Waals surface area contributed by atoms with Crippen molar-refractivity contribution in [3.8, 4) is 0 Å². The number of rotatable bonds is 3. The molecule has 7 heteroatoms. The zero-order valence-corrected chi connectivity index (χ0v) is 10.8. The second-order valence-corrected chi connectivity index (χ2v) is 6.19. The van der Waals surface area contributed by atoms with E-state index in [1.807, 2.05) is 0 Å². The van der Waals surface area contributed by atoms with Gasteiger partial charge in [0.25, 0.3) is 0 Å². The van der Waals surface area contributed by atoms with E-state index in [9.17, 15) is 13.5 Å². The molecule has 0 bridgehead atoms. The van der Waals surface area contributed by atoms with Gasteiger partial charge in [0.2, 0.25) is 10.0 Å². The molecule has 3 N–H and O–H groups in total. The van der Waals surface area contributed by atoms with E-state index in [0.717, 1.165) is 0 Å². The molecule has 0 amide bonds. The second-order valence-electron chi connectivity index (χ2n) is 4.29. The topological polar surface area (TPSA) is 96.5 Å². The van der Waals surface area contributed by atoms with Crippen LogP contribution < -0.4 is 5.73 Å². The van der Waals surface area contributed by atoms with E-state index in [1.165, 1.54) is 16.6 Å². The Morgan fingerprint density at radius 2 is 2.11 bits per heavy atom. The lowest BCUT2D eigenvalue weighted by molar-refractivity contribution is 0.113. The first kappa shape index (κ1) is 13.4. The fourth-order valence-corrected chi connectivity index (χ4v) is 3.69. The fraction of sp³-hybridized carbons (Fsp3) is 0.545. The predicted molar refractivity (Wildman–Crippen MR) is 66.1 cm³/mol. The summed E-state index contributed by atoms with van der Waals surface area (Å²) in [6, 6.07) is 3.11. The Labute approximate surface area is 106 Å². The highest BCUT2D eigenvalue weighted by atomic mass is 32.2. The Bertz CT molecular complexity index is 510. The Balaban J connectivity index is 2.30. The van der Waals surface area contributed by atoms with Crippen molar-refractivity contribution in [3.05, 3.63) is 24.0 Å². The molecule has 0 aliphatic carbocycles. The number of nitrogens with zero attached hydrogens (tertiary/aromatic N) is 2. The van der Waals surface area contributed by atoms with Gasteiger partial charge in [-0.3, -0.25) is 4.98 Å². The number of aromatic nitrogens is 1. The van der Waals surface area contributed by atoms with E-state index in [0.29, 0.717) is 31.6 Å². The number of hydrogen-bond donors (Lipinski definition) is 2. The van der Waals surface area contributed by atoms with Crippen molar-refractivity contribution in [2.75, 3.05) is 13.1 Å². The molecule has 0 saturated carbocycles. The maximum absolute atomic E-state index is 12.4. The first-order chi connectivity index (χ1) is 8.55. The SMILES string of the molecule is NCc1ncccc1S(=O)(=O)N1CCC(O)CC1. The van der Waals surface area contributed by atoms with Crippen LogP contribution in [0.5, 0.6) is 0 Å². The van der Waals surface area contributed by atoms with Gasteiger partial charge in [-0.05, 0) is 25.0 Å². The summed E-state index contributed by atoms with van der Waals surface area (Å²) in [5, 5.41) is 9.41. The van der Waals surface area contributed by atoms with Crippen LogP contribution in [0, 0.1) is 0 Å². The molecular weight excluding hydrogens is 254 g/mol. The minimum atomic E-state index is -3.55. The summed E-state index contributed by atoms with van der Waals surface area (Å²) >= 11 is 0. The van der Waals surface area contributed by atoms with Gasteiger partial charge in [0, 0.05) is 25.8 Å². The monoisotopic (exact) mass is 271 g/mol. The van der Waals surface area contributed by atoms with Crippen molar-refractivity contribution < 1.29 is 13.5 Å². The number of aliphatic hydroxyl groups excluding tert-OH is 1. The average molecular weight is 271 g/mol. The molecule has 18 heavy (non-hydrogen) atoms. The Morgan fingerprint density at radius 1 is 1.44 bits per heavy atom. The molecule has 0 atom stereocenters. The van der Waals surface area contributed by atoms with E-state index < -0.39 is 16.1 Å².